The Morgan fingerprint density at radius 1 is 1.40 bits per heavy atom. The third-order valence-electron chi connectivity index (χ3n) is 3.57. The second-order valence-electron chi connectivity index (χ2n) is 5.06. The van der Waals surface area contributed by atoms with Crippen molar-refractivity contribution in [3.05, 3.63) is 42.5 Å². The average Bonchev–Trinajstić information content (AvgIpc) is 3.20. The number of nitrogens with one attached hydrogen (secondary N) is 1. The Hall–Kier alpha value is -1.66. The summed E-state index contributed by atoms with van der Waals surface area (Å²) in [5.41, 5.74) is -0.162. The average molecular weight is 295 g/mol. The molecule has 1 atom stereocenters. The Kier molecular flexibility index (Phi) is 3.71. The van der Waals surface area contributed by atoms with Crippen LogP contribution in [-0.2, 0) is 20.2 Å². The molecule has 0 spiro atoms. The van der Waals surface area contributed by atoms with E-state index < -0.39 is 21.4 Å². The van der Waals surface area contributed by atoms with Crippen molar-refractivity contribution >= 4 is 16.0 Å². The van der Waals surface area contributed by atoms with E-state index in [4.69, 9.17) is 0 Å². The van der Waals surface area contributed by atoms with Gasteiger partial charge in [0.1, 0.15) is 0 Å². The molecule has 2 rings (SSSR count). The molecule has 0 heterocycles. The van der Waals surface area contributed by atoms with Gasteiger partial charge in [-0.1, -0.05) is 18.2 Å². The summed E-state index contributed by atoms with van der Waals surface area (Å²) in [7, 11) is -3.60. The van der Waals surface area contributed by atoms with Crippen LogP contribution in [0.15, 0.2) is 41.8 Å². The van der Waals surface area contributed by atoms with Crippen molar-refractivity contribution < 1.29 is 18.3 Å². The molecule has 0 saturated heterocycles. The predicted molar refractivity (Wildman–Crippen MR) is 75.0 cm³/mol. The van der Waals surface area contributed by atoms with Crippen LogP contribution in [0.5, 0.6) is 0 Å². The number of hydrogen-bond acceptors (Lipinski definition) is 3. The molecule has 0 aromatic heterocycles. The molecule has 1 aromatic carbocycles. The van der Waals surface area contributed by atoms with Crippen molar-refractivity contribution in [3.63, 3.8) is 0 Å². The third kappa shape index (κ3) is 2.62. The van der Waals surface area contributed by atoms with Gasteiger partial charge in [0.25, 0.3) is 0 Å². The number of benzene rings is 1. The Labute approximate surface area is 118 Å². The van der Waals surface area contributed by atoms with Gasteiger partial charge in [0, 0.05) is 6.04 Å². The quantitative estimate of drug-likeness (QED) is 0.782. The lowest BCUT2D eigenvalue weighted by molar-refractivity contribution is -0.140. The molecule has 1 aliphatic rings. The van der Waals surface area contributed by atoms with Crippen molar-refractivity contribution in [2.45, 2.75) is 36.1 Å². The summed E-state index contributed by atoms with van der Waals surface area (Å²) in [4.78, 5) is 11.3. The topological polar surface area (TPSA) is 83.5 Å². The number of carboxylic acids is 1. The molecular formula is C14H17NO4S. The van der Waals surface area contributed by atoms with Crippen LogP contribution in [0.2, 0.25) is 0 Å². The van der Waals surface area contributed by atoms with E-state index in [1.54, 1.807) is 19.1 Å². The first kappa shape index (κ1) is 14.7. The fourth-order valence-electron chi connectivity index (χ4n) is 2.07. The van der Waals surface area contributed by atoms with E-state index in [0.717, 1.165) is 0 Å². The van der Waals surface area contributed by atoms with Gasteiger partial charge in [-0.05, 0) is 37.5 Å². The van der Waals surface area contributed by atoms with Crippen LogP contribution in [0.4, 0.5) is 0 Å². The molecular weight excluding hydrogens is 278 g/mol. The van der Waals surface area contributed by atoms with E-state index in [2.05, 4.69) is 11.3 Å². The van der Waals surface area contributed by atoms with Crippen molar-refractivity contribution in [1.82, 2.24) is 4.72 Å². The fourth-order valence-corrected chi connectivity index (χ4v) is 3.28. The van der Waals surface area contributed by atoms with Crippen LogP contribution in [0.3, 0.4) is 0 Å². The standard InChI is InChI=1S/C14H17NO4S/c1-3-10(2)15-20(18,19)12-6-4-11(5-7-12)14(8-9-14)13(16)17/h3-7,10,15H,1,8-9H2,2H3,(H,16,17). The van der Waals surface area contributed by atoms with Gasteiger partial charge in [-0.25, -0.2) is 13.1 Å². The number of rotatable bonds is 6. The van der Waals surface area contributed by atoms with Crippen molar-refractivity contribution in [2.24, 2.45) is 0 Å². The monoisotopic (exact) mass is 295 g/mol. The maximum atomic E-state index is 12.0. The maximum Gasteiger partial charge on any atom is 0.314 e. The summed E-state index contributed by atoms with van der Waals surface area (Å²) in [5.74, 6) is -0.855. The second-order valence-corrected chi connectivity index (χ2v) is 6.77. The molecule has 5 nitrogen and oxygen atoms in total. The Morgan fingerprint density at radius 2 is 1.95 bits per heavy atom. The smallest absolute Gasteiger partial charge is 0.314 e. The van der Waals surface area contributed by atoms with Gasteiger partial charge in [0.2, 0.25) is 10.0 Å². The summed E-state index contributed by atoms with van der Waals surface area (Å²) in [5, 5.41) is 9.20. The molecule has 6 heteroatoms. The van der Waals surface area contributed by atoms with E-state index in [9.17, 15) is 18.3 Å². The molecule has 1 fully saturated rings. The van der Waals surface area contributed by atoms with Crippen LogP contribution in [0.25, 0.3) is 0 Å². The van der Waals surface area contributed by atoms with Crippen LogP contribution in [0, 0.1) is 0 Å². The van der Waals surface area contributed by atoms with Crippen LogP contribution in [0.1, 0.15) is 25.3 Å². The highest BCUT2D eigenvalue weighted by molar-refractivity contribution is 7.89. The van der Waals surface area contributed by atoms with E-state index in [0.29, 0.717) is 18.4 Å². The number of carboxylic acid groups (broad SMARTS) is 1. The fraction of sp³-hybridized carbons (Fsp3) is 0.357. The highest BCUT2D eigenvalue weighted by Crippen LogP contribution is 2.48. The molecule has 1 aliphatic carbocycles. The molecule has 1 unspecified atom stereocenters. The number of aliphatic carboxylic acids is 1. The lowest BCUT2D eigenvalue weighted by Crippen LogP contribution is -2.31. The summed E-state index contributed by atoms with van der Waals surface area (Å²) in [6.07, 6.45) is 2.69. The molecule has 1 saturated carbocycles. The normalized spacial score (nSPS) is 18.2. The van der Waals surface area contributed by atoms with E-state index in [1.807, 2.05) is 0 Å². The molecule has 0 radical (unpaired) electrons. The Balaban J connectivity index is 2.25. The van der Waals surface area contributed by atoms with Gasteiger partial charge in [0.15, 0.2) is 0 Å². The Morgan fingerprint density at radius 3 is 2.35 bits per heavy atom. The maximum absolute atomic E-state index is 12.0. The molecule has 0 bridgehead atoms. The molecule has 108 valence electrons. The number of hydrogen-bond donors (Lipinski definition) is 2. The summed E-state index contributed by atoms with van der Waals surface area (Å²) >= 11 is 0. The highest BCUT2D eigenvalue weighted by atomic mass is 32.2. The SMILES string of the molecule is C=CC(C)NS(=O)(=O)c1ccc(C2(C(=O)O)CC2)cc1. The van der Waals surface area contributed by atoms with Gasteiger partial charge >= 0.3 is 5.97 Å². The van der Waals surface area contributed by atoms with Crippen LogP contribution in [-0.4, -0.2) is 25.5 Å². The molecule has 20 heavy (non-hydrogen) atoms. The minimum atomic E-state index is -3.60. The zero-order chi connectivity index (χ0) is 15.0. The zero-order valence-corrected chi connectivity index (χ0v) is 12.0. The molecule has 0 amide bonds. The number of sulfonamides is 1. The van der Waals surface area contributed by atoms with Gasteiger partial charge < -0.3 is 5.11 Å². The first-order valence-corrected chi connectivity index (χ1v) is 7.79. The zero-order valence-electron chi connectivity index (χ0n) is 11.2. The molecule has 1 aromatic rings. The highest BCUT2D eigenvalue weighted by Gasteiger charge is 2.51. The van der Waals surface area contributed by atoms with Gasteiger partial charge in [0.05, 0.1) is 10.3 Å². The van der Waals surface area contributed by atoms with Gasteiger partial charge in [-0.2, -0.15) is 0 Å². The largest absolute Gasteiger partial charge is 0.481 e. The van der Waals surface area contributed by atoms with Crippen molar-refractivity contribution in [3.8, 4) is 0 Å². The lowest BCUT2D eigenvalue weighted by Gasteiger charge is -2.13. The van der Waals surface area contributed by atoms with E-state index in [-0.39, 0.29) is 10.9 Å². The first-order chi connectivity index (χ1) is 9.32. The molecule has 2 N–H and O–H groups in total. The third-order valence-corrected chi connectivity index (χ3v) is 5.15. The van der Waals surface area contributed by atoms with Crippen molar-refractivity contribution in [1.29, 1.82) is 0 Å². The van der Waals surface area contributed by atoms with Crippen molar-refractivity contribution in [2.75, 3.05) is 0 Å². The van der Waals surface area contributed by atoms with Gasteiger partial charge in [-0.3, -0.25) is 4.79 Å². The summed E-state index contributed by atoms with van der Waals surface area (Å²) in [6.45, 7) is 5.20. The minimum Gasteiger partial charge on any atom is -0.481 e. The Bertz CT molecular complexity index is 630. The van der Waals surface area contributed by atoms with Crippen LogP contribution >= 0.6 is 0 Å². The van der Waals surface area contributed by atoms with Gasteiger partial charge in [-0.15, -0.1) is 6.58 Å². The van der Waals surface area contributed by atoms with E-state index in [1.165, 1.54) is 18.2 Å². The van der Waals surface area contributed by atoms with Crippen LogP contribution < -0.4 is 4.72 Å². The number of carbonyl (C=O) groups is 1. The predicted octanol–water partition coefficient (Wildman–Crippen LogP) is 1.66. The molecule has 0 aliphatic heterocycles. The van der Waals surface area contributed by atoms with E-state index >= 15 is 0 Å². The second kappa shape index (κ2) is 5.03. The summed E-state index contributed by atoms with van der Waals surface area (Å²) in [6, 6.07) is 5.67. The summed E-state index contributed by atoms with van der Waals surface area (Å²) < 4.78 is 26.5. The lowest BCUT2D eigenvalue weighted by atomic mass is 9.96. The minimum absolute atomic E-state index is 0.121. The first-order valence-electron chi connectivity index (χ1n) is 6.31.